The van der Waals surface area contributed by atoms with Crippen LogP contribution in [0.2, 0.25) is 0 Å². The summed E-state index contributed by atoms with van der Waals surface area (Å²) < 4.78 is 0. The molecule has 4 rings (SSSR count). The maximum atomic E-state index is 6.59. The van der Waals surface area contributed by atoms with E-state index in [1.54, 1.807) is 0 Å². The summed E-state index contributed by atoms with van der Waals surface area (Å²) in [6.07, 6.45) is 9.70. The number of nitrogens with two attached hydrogens (primary N) is 1. The van der Waals surface area contributed by atoms with Gasteiger partial charge < -0.3 is 5.73 Å². The Labute approximate surface area is 87.4 Å². The van der Waals surface area contributed by atoms with E-state index in [0.717, 1.165) is 5.92 Å². The minimum atomic E-state index is 0.209. The van der Waals surface area contributed by atoms with Gasteiger partial charge in [-0.15, -0.1) is 0 Å². The third kappa shape index (κ3) is 1.25. The molecule has 4 bridgehead atoms. The fourth-order valence-electron chi connectivity index (χ4n) is 5.48. The summed E-state index contributed by atoms with van der Waals surface area (Å²) in [5.74, 6) is 0.947. The molecule has 80 valence electrons. The van der Waals surface area contributed by atoms with Crippen LogP contribution >= 0.6 is 0 Å². The second-order valence-electron chi connectivity index (χ2n) is 7.33. The van der Waals surface area contributed by atoms with E-state index in [1.165, 1.54) is 44.9 Å². The standard InChI is InChI=1S/C13H23N/c1-11-4-3-10-5-12(2,7-11)9-13(14,6-10)8-11/h10H,3-9,14H2,1-2H3. The van der Waals surface area contributed by atoms with Crippen molar-refractivity contribution in [2.45, 2.75) is 64.3 Å². The average molecular weight is 193 g/mol. The maximum Gasteiger partial charge on any atom is 0.0167 e. The lowest BCUT2D eigenvalue weighted by molar-refractivity contribution is -0.00790. The highest BCUT2D eigenvalue weighted by molar-refractivity contribution is 5.10. The minimum Gasteiger partial charge on any atom is -0.325 e. The predicted octanol–water partition coefficient (Wildman–Crippen LogP) is 3.08. The fraction of sp³-hybridized carbons (Fsp3) is 1.00. The number of rotatable bonds is 0. The van der Waals surface area contributed by atoms with Gasteiger partial charge in [0.15, 0.2) is 0 Å². The van der Waals surface area contributed by atoms with Crippen LogP contribution in [0, 0.1) is 16.7 Å². The first-order valence-electron chi connectivity index (χ1n) is 6.20. The van der Waals surface area contributed by atoms with E-state index in [9.17, 15) is 0 Å². The molecule has 4 atom stereocenters. The summed E-state index contributed by atoms with van der Waals surface area (Å²) >= 11 is 0. The van der Waals surface area contributed by atoms with E-state index >= 15 is 0 Å². The van der Waals surface area contributed by atoms with Gasteiger partial charge in [-0.05, 0) is 61.7 Å². The molecule has 0 spiro atoms. The molecule has 14 heavy (non-hydrogen) atoms. The highest BCUT2D eigenvalue weighted by Gasteiger charge is 2.55. The van der Waals surface area contributed by atoms with Crippen LogP contribution in [0.25, 0.3) is 0 Å². The summed E-state index contributed by atoms with van der Waals surface area (Å²) in [6.45, 7) is 4.98. The van der Waals surface area contributed by atoms with Crippen LogP contribution < -0.4 is 5.73 Å². The zero-order valence-corrected chi connectivity index (χ0v) is 9.60. The van der Waals surface area contributed by atoms with Crippen LogP contribution in [0.5, 0.6) is 0 Å². The van der Waals surface area contributed by atoms with Crippen molar-refractivity contribution >= 4 is 0 Å². The van der Waals surface area contributed by atoms with Crippen molar-refractivity contribution in [1.82, 2.24) is 0 Å². The molecular formula is C13H23N. The zero-order valence-electron chi connectivity index (χ0n) is 9.60. The summed E-state index contributed by atoms with van der Waals surface area (Å²) in [6, 6.07) is 0. The third-order valence-electron chi connectivity index (χ3n) is 5.04. The number of hydrogen-bond acceptors (Lipinski definition) is 1. The average Bonchev–Trinajstić information content (AvgIpc) is 2.07. The molecule has 0 aromatic rings. The first kappa shape index (κ1) is 9.21. The van der Waals surface area contributed by atoms with E-state index in [0.29, 0.717) is 10.8 Å². The first-order chi connectivity index (χ1) is 6.41. The largest absolute Gasteiger partial charge is 0.325 e. The van der Waals surface area contributed by atoms with Crippen molar-refractivity contribution < 1.29 is 0 Å². The maximum absolute atomic E-state index is 6.59. The molecule has 4 saturated carbocycles. The van der Waals surface area contributed by atoms with Gasteiger partial charge in [0.05, 0.1) is 0 Å². The van der Waals surface area contributed by atoms with Crippen molar-refractivity contribution in [3.63, 3.8) is 0 Å². The molecule has 0 saturated heterocycles. The van der Waals surface area contributed by atoms with Gasteiger partial charge >= 0.3 is 0 Å². The molecule has 4 aliphatic carbocycles. The topological polar surface area (TPSA) is 26.0 Å². The van der Waals surface area contributed by atoms with Gasteiger partial charge in [0.1, 0.15) is 0 Å². The van der Waals surface area contributed by atoms with Crippen LogP contribution in [-0.4, -0.2) is 5.54 Å². The normalized spacial score (nSPS) is 61.5. The molecule has 1 heteroatoms. The van der Waals surface area contributed by atoms with Crippen LogP contribution in [0.3, 0.4) is 0 Å². The Morgan fingerprint density at radius 2 is 1.71 bits per heavy atom. The minimum absolute atomic E-state index is 0.209. The summed E-state index contributed by atoms with van der Waals surface area (Å²) in [5, 5.41) is 0. The second-order valence-corrected chi connectivity index (χ2v) is 7.33. The van der Waals surface area contributed by atoms with Gasteiger partial charge in [-0.3, -0.25) is 0 Å². The monoisotopic (exact) mass is 193 g/mol. The molecule has 2 N–H and O–H groups in total. The second kappa shape index (κ2) is 2.37. The first-order valence-corrected chi connectivity index (χ1v) is 6.20. The summed E-state index contributed by atoms with van der Waals surface area (Å²) in [7, 11) is 0. The zero-order chi connectivity index (χ0) is 10.0. The molecule has 0 heterocycles. The predicted molar refractivity (Wildman–Crippen MR) is 58.9 cm³/mol. The van der Waals surface area contributed by atoms with Crippen molar-refractivity contribution in [1.29, 1.82) is 0 Å². The van der Waals surface area contributed by atoms with Crippen LogP contribution in [0.15, 0.2) is 0 Å². The van der Waals surface area contributed by atoms with Crippen molar-refractivity contribution in [3.8, 4) is 0 Å². The molecule has 1 nitrogen and oxygen atoms in total. The molecule has 4 fully saturated rings. The Balaban J connectivity index is 2.05. The Morgan fingerprint density at radius 1 is 1.00 bits per heavy atom. The lowest BCUT2D eigenvalue weighted by atomic mass is 9.52. The third-order valence-corrected chi connectivity index (χ3v) is 5.04. The summed E-state index contributed by atoms with van der Waals surface area (Å²) in [4.78, 5) is 0. The lowest BCUT2D eigenvalue weighted by Crippen LogP contribution is -2.55. The van der Waals surface area contributed by atoms with Crippen LogP contribution in [0.4, 0.5) is 0 Å². The van der Waals surface area contributed by atoms with E-state index < -0.39 is 0 Å². The molecule has 0 radical (unpaired) electrons. The Bertz CT molecular complexity index is 248. The highest BCUT2D eigenvalue weighted by atomic mass is 14.8. The van der Waals surface area contributed by atoms with Crippen LogP contribution in [0.1, 0.15) is 58.8 Å². The molecule has 0 amide bonds. The lowest BCUT2D eigenvalue weighted by Gasteiger charge is -2.55. The van der Waals surface area contributed by atoms with E-state index in [2.05, 4.69) is 13.8 Å². The van der Waals surface area contributed by atoms with Gasteiger partial charge in [0.25, 0.3) is 0 Å². The van der Waals surface area contributed by atoms with Crippen molar-refractivity contribution in [2.24, 2.45) is 22.5 Å². The van der Waals surface area contributed by atoms with Gasteiger partial charge in [-0.25, -0.2) is 0 Å². The molecular weight excluding hydrogens is 170 g/mol. The summed E-state index contributed by atoms with van der Waals surface area (Å²) in [5.41, 5.74) is 7.96. The van der Waals surface area contributed by atoms with Crippen molar-refractivity contribution in [2.75, 3.05) is 0 Å². The van der Waals surface area contributed by atoms with E-state index in [-0.39, 0.29) is 5.54 Å². The van der Waals surface area contributed by atoms with Gasteiger partial charge in [0, 0.05) is 5.54 Å². The van der Waals surface area contributed by atoms with Gasteiger partial charge in [-0.2, -0.15) is 0 Å². The molecule has 0 aromatic heterocycles. The Morgan fingerprint density at radius 3 is 2.43 bits per heavy atom. The van der Waals surface area contributed by atoms with Crippen molar-refractivity contribution in [3.05, 3.63) is 0 Å². The molecule has 4 unspecified atom stereocenters. The Kier molecular flexibility index (Phi) is 1.56. The quantitative estimate of drug-likeness (QED) is 0.628. The number of fused-ring (bicyclic) bond motifs is 1. The van der Waals surface area contributed by atoms with E-state index in [1.807, 2.05) is 0 Å². The smallest absolute Gasteiger partial charge is 0.0167 e. The van der Waals surface area contributed by atoms with E-state index in [4.69, 9.17) is 5.73 Å². The van der Waals surface area contributed by atoms with Gasteiger partial charge in [-0.1, -0.05) is 13.8 Å². The molecule has 0 aromatic carbocycles. The van der Waals surface area contributed by atoms with Gasteiger partial charge in [0.2, 0.25) is 0 Å². The fourth-order valence-corrected chi connectivity index (χ4v) is 5.48. The molecule has 0 aliphatic heterocycles. The number of hydrogen-bond donors (Lipinski definition) is 1. The van der Waals surface area contributed by atoms with Crippen LogP contribution in [-0.2, 0) is 0 Å². The highest BCUT2D eigenvalue weighted by Crippen LogP contribution is 2.62. The SMILES string of the molecule is CC12CCC3CC(C)(C1)CC(N)(C3)C2. The molecule has 4 aliphatic rings. The Hall–Kier alpha value is -0.0400.